The molecule has 1 rings (SSSR count). The van der Waals surface area contributed by atoms with E-state index in [9.17, 15) is 14.7 Å². The summed E-state index contributed by atoms with van der Waals surface area (Å²) in [5.41, 5.74) is 0. The first-order chi connectivity index (χ1) is 13.0. The van der Waals surface area contributed by atoms with Crippen LogP contribution in [0.1, 0.15) is 77.6 Å². The number of carboxylic acids is 1. The lowest BCUT2D eigenvalue weighted by atomic mass is 9.85. The summed E-state index contributed by atoms with van der Waals surface area (Å²) < 4.78 is 5.33. The van der Waals surface area contributed by atoms with Crippen LogP contribution in [0, 0.1) is 17.8 Å². The predicted octanol–water partition coefficient (Wildman–Crippen LogP) is 4.38. The molecule has 0 spiro atoms. The average molecular weight is 383 g/mol. The molecule has 1 aliphatic carbocycles. The molecule has 5 nitrogen and oxygen atoms in total. The van der Waals surface area contributed by atoms with E-state index in [0.717, 1.165) is 25.7 Å². The highest BCUT2D eigenvalue weighted by Crippen LogP contribution is 2.39. The van der Waals surface area contributed by atoms with Crippen LogP contribution in [0.4, 0.5) is 0 Å². The van der Waals surface area contributed by atoms with Gasteiger partial charge in [-0.3, -0.25) is 4.79 Å². The minimum Gasteiger partial charge on any atom is -0.479 e. The number of allylic oxidation sites excluding steroid dienone is 2. The molecule has 0 aromatic rings. The fraction of sp³-hybridized carbons (Fsp3) is 0.818. The van der Waals surface area contributed by atoms with E-state index >= 15 is 0 Å². The molecule has 5 heteroatoms. The van der Waals surface area contributed by atoms with Gasteiger partial charge in [-0.2, -0.15) is 0 Å². The second kappa shape index (κ2) is 13.9. The van der Waals surface area contributed by atoms with Crippen LogP contribution in [-0.4, -0.2) is 41.8 Å². The van der Waals surface area contributed by atoms with Crippen molar-refractivity contribution in [1.29, 1.82) is 0 Å². The molecule has 0 heterocycles. The summed E-state index contributed by atoms with van der Waals surface area (Å²) in [5, 5.41) is 18.0. The molecule has 1 saturated carbocycles. The fourth-order valence-corrected chi connectivity index (χ4v) is 4.06. The first-order valence-corrected chi connectivity index (χ1v) is 10.6. The summed E-state index contributed by atoms with van der Waals surface area (Å²) >= 11 is 0. The third-order valence-electron chi connectivity index (χ3n) is 5.63. The van der Waals surface area contributed by atoms with E-state index in [1.165, 1.54) is 25.7 Å². The summed E-state index contributed by atoms with van der Waals surface area (Å²) in [6.45, 7) is 2.83. The van der Waals surface area contributed by atoms with Crippen LogP contribution in [0.15, 0.2) is 12.2 Å². The molecule has 2 N–H and O–H groups in total. The fourth-order valence-electron chi connectivity index (χ4n) is 4.06. The van der Waals surface area contributed by atoms with Crippen molar-refractivity contribution in [3.8, 4) is 0 Å². The number of methoxy groups -OCH3 is 1. The first-order valence-electron chi connectivity index (χ1n) is 10.6. The van der Waals surface area contributed by atoms with Gasteiger partial charge in [0.2, 0.25) is 0 Å². The SMILES string of the molecule is CCCCCCC=C[C@H]1[C@H](COC)CC(=O)[C@@H]1CCCCCC(O)C(=O)O. The standard InChI is InChI=1S/C22H38O5/c1-3-4-5-6-7-9-12-18-17(16-27-2)15-21(24)19(18)13-10-8-11-14-20(23)22(25)26/h9,12,17-20,23H,3-8,10-11,13-16H2,1-2H3,(H,25,26)/t17-,18-,19+,20?/m0/s1. The van der Waals surface area contributed by atoms with Crippen molar-refractivity contribution in [3.05, 3.63) is 12.2 Å². The van der Waals surface area contributed by atoms with Crippen LogP contribution < -0.4 is 0 Å². The average Bonchev–Trinajstić information content (AvgIpc) is 2.92. The number of aliphatic carboxylic acids is 1. The molecular weight excluding hydrogens is 344 g/mol. The van der Waals surface area contributed by atoms with Gasteiger partial charge in [0.15, 0.2) is 6.10 Å². The highest BCUT2D eigenvalue weighted by atomic mass is 16.5. The van der Waals surface area contributed by atoms with Crippen LogP contribution in [0.25, 0.3) is 0 Å². The van der Waals surface area contributed by atoms with Gasteiger partial charge < -0.3 is 14.9 Å². The number of hydrogen-bond acceptors (Lipinski definition) is 4. The maximum atomic E-state index is 12.5. The lowest BCUT2D eigenvalue weighted by Gasteiger charge is -2.20. The summed E-state index contributed by atoms with van der Waals surface area (Å²) in [6.07, 6.45) is 13.4. The van der Waals surface area contributed by atoms with Gasteiger partial charge in [-0.1, -0.05) is 57.6 Å². The Morgan fingerprint density at radius 2 is 1.96 bits per heavy atom. The molecule has 1 fully saturated rings. The van der Waals surface area contributed by atoms with Gasteiger partial charge in [0.1, 0.15) is 5.78 Å². The normalized spacial score (nSPS) is 24.0. The number of ketones is 1. The van der Waals surface area contributed by atoms with Gasteiger partial charge >= 0.3 is 5.97 Å². The van der Waals surface area contributed by atoms with E-state index in [2.05, 4.69) is 19.1 Å². The maximum absolute atomic E-state index is 12.5. The molecule has 0 aliphatic heterocycles. The summed E-state index contributed by atoms with van der Waals surface area (Å²) in [5.74, 6) is -0.237. The van der Waals surface area contributed by atoms with Crippen LogP contribution in [0.2, 0.25) is 0 Å². The second-order valence-electron chi connectivity index (χ2n) is 7.84. The van der Waals surface area contributed by atoms with Gasteiger partial charge in [-0.05, 0) is 37.5 Å². The van der Waals surface area contributed by atoms with Crippen molar-refractivity contribution in [2.24, 2.45) is 17.8 Å². The number of unbranched alkanes of at least 4 members (excludes halogenated alkanes) is 6. The van der Waals surface area contributed by atoms with E-state index in [0.29, 0.717) is 25.2 Å². The molecule has 0 radical (unpaired) electrons. The van der Waals surface area contributed by atoms with Crippen LogP contribution in [0.3, 0.4) is 0 Å². The number of aliphatic hydroxyl groups excluding tert-OH is 1. The largest absolute Gasteiger partial charge is 0.479 e. The van der Waals surface area contributed by atoms with Gasteiger partial charge in [0.05, 0.1) is 6.61 Å². The molecule has 156 valence electrons. The lowest BCUT2D eigenvalue weighted by Crippen LogP contribution is -2.19. The molecule has 0 amide bonds. The number of hydrogen-bond donors (Lipinski definition) is 2. The Bertz CT molecular complexity index is 460. The Hall–Kier alpha value is -1.20. The number of carbonyl (C=O) groups excluding carboxylic acids is 1. The summed E-state index contributed by atoms with van der Waals surface area (Å²) in [6, 6.07) is 0. The molecular formula is C22H38O5. The third kappa shape index (κ3) is 9.02. The topological polar surface area (TPSA) is 83.8 Å². The van der Waals surface area contributed by atoms with Crippen molar-refractivity contribution in [3.63, 3.8) is 0 Å². The monoisotopic (exact) mass is 382 g/mol. The zero-order valence-corrected chi connectivity index (χ0v) is 17.1. The minimum atomic E-state index is -1.27. The van der Waals surface area contributed by atoms with E-state index in [-0.39, 0.29) is 24.2 Å². The first kappa shape index (κ1) is 23.8. The summed E-state index contributed by atoms with van der Waals surface area (Å²) in [7, 11) is 1.69. The van der Waals surface area contributed by atoms with Crippen molar-refractivity contribution in [2.75, 3.05) is 13.7 Å². The quantitative estimate of drug-likeness (QED) is 0.324. The minimum absolute atomic E-state index is 0.0569. The molecule has 0 bridgehead atoms. The molecule has 1 aliphatic rings. The summed E-state index contributed by atoms with van der Waals surface area (Å²) in [4.78, 5) is 23.1. The van der Waals surface area contributed by atoms with Crippen LogP contribution >= 0.6 is 0 Å². The third-order valence-corrected chi connectivity index (χ3v) is 5.63. The Morgan fingerprint density at radius 3 is 2.63 bits per heavy atom. The molecule has 4 atom stereocenters. The van der Waals surface area contributed by atoms with Crippen molar-refractivity contribution < 1.29 is 24.5 Å². The van der Waals surface area contributed by atoms with Crippen LogP contribution in [0.5, 0.6) is 0 Å². The van der Waals surface area contributed by atoms with Crippen molar-refractivity contribution in [2.45, 2.75) is 83.7 Å². The highest BCUT2D eigenvalue weighted by Gasteiger charge is 2.40. The lowest BCUT2D eigenvalue weighted by molar-refractivity contribution is -0.147. The molecule has 27 heavy (non-hydrogen) atoms. The van der Waals surface area contributed by atoms with E-state index in [1.54, 1.807) is 7.11 Å². The maximum Gasteiger partial charge on any atom is 0.332 e. The Kier molecular flexibility index (Phi) is 12.3. The van der Waals surface area contributed by atoms with Gasteiger partial charge in [0, 0.05) is 19.4 Å². The molecule has 0 aromatic heterocycles. The number of ether oxygens (including phenoxy) is 1. The van der Waals surface area contributed by atoms with Crippen molar-refractivity contribution >= 4 is 11.8 Å². The van der Waals surface area contributed by atoms with E-state index in [1.807, 2.05) is 0 Å². The molecule has 0 aromatic carbocycles. The smallest absolute Gasteiger partial charge is 0.332 e. The predicted molar refractivity (Wildman–Crippen MR) is 107 cm³/mol. The number of carbonyl (C=O) groups is 2. The van der Waals surface area contributed by atoms with E-state index < -0.39 is 12.1 Å². The van der Waals surface area contributed by atoms with Gasteiger partial charge in [-0.15, -0.1) is 0 Å². The number of carboxylic acid groups (broad SMARTS) is 1. The second-order valence-corrected chi connectivity index (χ2v) is 7.84. The highest BCUT2D eigenvalue weighted by molar-refractivity contribution is 5.84. The molecule has 1 unspecified atom stereocenters. The Balaban J connectivity index is 2.46. The van der Waals surface area contributed by atoms with Gasteiger partial charge in [-0.25, -0.2) is 4.79 Å². The number of Topliss-reactive ketones (excluding diaryl/α,β-unsaturated/α-hetero) is 1. The van der Waals surface area contributed by atoms with Crippen LogP contribution in [-0.2, 0) is 14.3 Å². The zero-order valence-electron chi connectivity index (χ0n) is 17.1. The number of rotatable bonds is 15. The Labute approximate surface area is 164 Å². The van der Waals surface area contributed by atoms with E-state index in [4.69, 9.17) is 9.84 Å². The van der Waals surface area contributed by atoms with Crippen molar-refractivity contribution in [1.82, 2.24) is 0 Å². The molecule has 0 saturated heterocycles. The zero-order chi connectivity index (χ0) is 20.1. The van der Waals surface area contributed by atoms with Gasteiger partial charge in [0.25, 0.3) is 0 Å². The Morgan fingerprint density at radius 1 is 1.22 bits per heavy atom. The number of aliphatic hydroxyl groups is 1.